The Morgan fingerprint density at radius 2 is 1.83 bits per heavy atom. The molecule has 3 heteroatoms. The summed E-state index contributed by atoms with van der Waals surface area (Å²) >= 11 is 0. The van der Waals surface area contributed by atoms with Crippen LogP contribution in [0.2, 0.25) is 0 Å². The van der Waals surface area contributed by atoms with Crippen LogP contribution in [-0.2, 0) is 10.8 Å². The third kappa shape index (κ3) is 3.97. The van der Waals surface area contributed by atoms with Gasteiger partial charge in [-0.2, -0.15) is 0 Å². The Labute approximate surface area is 145 Å². The average molecular weight is 324 g/mol. The third-order valence-corrected chi connectivity index (χ3v) is 4.39. The van der Waals surface area contributed by atoms with Gasteiger partial charge in [-0.15, -0.1) is 0 Å². The Morgan fingerprint density at radius 3 is 2.42 bits per heavy atom. The minimum absolute atomic E-state index is 0.0485. The summed E-state index contributed by atoms with van der Waals surface area (Å²) in [4.78, 5) is 0. The maximum atomic E-state index is 5.37. The van der Waals surface area contributed by atoms with Crippen LogP contribution in [-0.4, -0.2) is 5.16 Å². The highest BCUT2D eigenvalue weighted by Gasteiger charge is 2.24. The molecule has 1 aromatic carbocycles. The summed E-state index contributed by atoms with van der Waals surface area (Å²) < 4.78 is 5.37. The number of hydrogen-bond donors (Lipinski definition) is 1. The number of benzene rings is 1. The molecular weight excluding hydrogens is 296 g/mol. The molecule has 0 aliphatic rings. The average Bonchev–Trinajstić information content (AvgIpc) is 2.96. The van der Waals surface area contributed by atoms with E-state index in [2.05, 4.69) is 82.9 Å². The molecule has 0 bridgehead atoms. The minimum Gasteiger partial charge on any atom is -0.359 e. The molecule has 1 heterocycles. The zero-order valence-electron chi connectivity index (χ0n) is 15.6. The molecule has 0 saturated carbocycles. The van der Waals surface area contributed by atoms with Gasteiger partial charge < -0.3 is 9.84 Å². The van der Waals surface area contributed by atoms with Crippen molar-refractivity contribution in [1.82, 2.24) is 5.16 Å². The van der Waals surface area contributed by atoms with Crippen molar-refractivity contribution in [2.75, 3.05) is 5.32 Å². The summed E-state index contributed by atoms with van der Waals surface area (Å²) in [6.45, 7) is 17.1. The summed E-state index contributed by atoms with van der Waals surface area (Å²) in [6, 6.07) is 10.4. The highest BCUT2D eigenvalue weighted by atomic mass is 16.5. The van der Waals surface area contributed by atoms with Crippen molar-refractivity contribution in [2.24, 2.45) is 0 Å². The fraction of sp³-hybridized carbons (Fsp3) is 0.381. The van der Waals surface area contributed by atoms with Gasteiger partial charge >= 0.3 is 0 Å². The van der Waals surface area contributed by atoms with Gasteiger partial charge in [0.25, 0.3) is 0 Å². The molecule has 0 unspecified atom stereocenters. The number of allylic oxidation sites excluding steroid dienone is 2. The quantitative estimate of drug-likeness (QED) is 0.713. The van der Waals surface area contributed by atoms with Crippen molar-refractivity contribution in [2.45, 2.75) is 52.4 Å². The van der Waals surface area contributed by atoms with Crippen LogP contribution in [0.15, 0.2) is 59.3 Å². The molecule has 0 amide bonds. The van der Waals surface area contributed by atoms with Crippen molar-refractivity contribution < 1.29 is 4.52 Å². The molecule has 0 radical (unpaired) electrons. The Balaban J connectivity index is 2.07. The van der Waals surface area contributed by atoms with Crippen LogP contribution in [0.5, 0.6) is 0 Å². The maximum Gasteiger partial charge on any atom is 0.173 e. The number of aromatic nitrogens is 1. The van der Waals surface area contributed by atoms with Crippen LogP contribution >= 0.6 is 0 Å². The fourth-order valence-corrected chi connectivity index (χ4v) is 2.58. The van der Waals surface area contributed by atoms with Crippen LogP contribution in [0.3, 0.4) is 0 Å². The van der Waals surface area contributed by atoms with Gasteiger partial charge in [0.15, 0.2) is 5.82 Å². The molecule has 0 aliphatic heterocycles. The normalized spacial score (nSPS) is 12.6. The number of aryl methyl sites for hydroxylation is 1. The number of rotatable bonds is 5. The first-order chi connectivity index (χ1) is 11.1. The van der Waals surface area contributed by atoms with E-state index < -0.39 is 0 Å². The predicted molar refractivity (Wildman–Crippen MR) is 101 cm³/mol. The molecule has 0 atom stereocenters. The van der Waals surface area contributed by atoms with E-state index in [-0.39, 0.29) is 10.8 Å². The first kappa shape index (κ1) is 18.1. The van der Waals surface area contributed by atoms with Crippen LogP contribution < -0.4 is 5.32 Å². The number of hydrogen-bond acceptors (Lipinski definition) is 3. The second-order valence-electron chi connectivity index (χ2n) is 7.77. The topological polar surface area (TPSA) is 38.1 Å². The summed E-state index contributed by atoms with van der Waals surface area (Å²) in [5.41, 5.74) is 3.41. The Morgan fingerprint density at radius 1 is 1.17 bits per heavy atom. The van der Waals surface area contributed by atoms with Crippen molar-refractivity contribution >= 4 is 5.82 Å². The van der Waals surface area contributed by atoms with E-state index in [4.69, 9.17) is 4.52 Å². The van der Waals surface area contributed by atoms with Crippen molar-refractivity contribution in [3.8, 4) is 0 Å². The van der Waals surface area contributed by atoms with Crippen molar-refractivity contribution in [3.05, 3.63) is 71.6 Å². The summed E-state index contributed by atoms with van der Waals surface area (Å²) in [5, 5.41) is 7.21. The number of nitrogens with zero attached hydrogens (tertiary/aromatic N) is 1. The molecule has 3 nitrogen and oxygen atoms in total. The fourth-order valence-electron chi connectivity index (χ4n) is 2.58. The Kier molecular flexibility index (Phi) is 5.02. The van der Waals surface area contributed by atoms with Crippen LogP contribution in [0.4, 0.5) is 5.82 Å². The molecular formula is C21H28N2O. The highest BCUT2D eigenvalue weighted by Crippen LogP contribution is 2.33. The van der Waals surface area contributed by atoms with Gasteiger partial charge in [0.05, 0.1) is 0 Å². The van der Waals surface area contributed by atoms with E-state index in [1.165, 1.54) is 11.1 Å². The SMILES string of the molecule is C=C(C=CNc1cc(C(C)(C)C)on1)C(C)(C)c1ccccc1C. The zero-order chi connectivity index (χ0) is 18.0. The maximum absolute atomic E-state index is 5.37. The molecule has 2 rings (SSSR count). The Hall–Kier alpha value is -2.29. The first-order valence-electron chi connectivity index (χ1n) is 8.28. The molecule has 24 heavy (non-hydrogen) atoms. The molecule has 0 aliphatic carbocycles. The molecule has 0 saturated heterocycles. The standard InChI is InChI=1S/C21H28N2O/c1-15-10-8-9-11-17(15)21(6,7)16(2)12-13-22-19-14-18(24-23-19)20(3,4)5/h8-14H,2H2,1,3-7H3,(H,22,23). The smallest absolute Gasteiger partial charge is 0.173 e. The van der Waals surface area contributed by atoms with E-state index in [0.29, 0.717) is 5.82 Å². The van der Waals surface area contributed by atoms with Gasteiger partial charge in [0.2, 0.25) is 0 Å². The molecule has 128 valence electrons. The summed E-state index contributed by atoms with van der Waals surface area (Å²) in [5.74, 6) is 1.56. The van der Waals surface area contributed by atoms with Crippen LogP contribution in [0, 0.1) is 6.92 Å². The summed E-state index contributed by atoms with van der Waals surface area (Å²) in [7, 11) is 0. The van der Waals surface area contributed by atoms with Gasteiger partial charge in [0, 0.05) is 23.1 Å². The molecule has 1 aromatic heterocycles. The second-order valence-corrected chi connectivity index (χ2v) is 7.77. The lowest BCUT2D eigenvalue weighted by atomic mass is 9.76. The molecule has 1 N–H and O–H groups in total. The molecule has 0 spiro atoms. The van der Waals surface area contributed by atoms with Crippen molar-refractivity contribution in [1.29, 1.82) is 0 Å². The lowest BCUT2D eigenvalue weighted by Crippen LogP contribution is -2.20. The molecule has 0 fully saturated rings. The van der Waals surface area contributed by atoms with E-state index in [0.717, 1.165) is 11.3 Å². The second kappa shape index (κ2) is 6.68. The van der Waals surface area contributed by atoms with Crippen LogP contribution in [0.1, 0.15) is 51.5 Å². The Bertz CT molecular complexity index is 745. The van der Waals surface area contributed by atoms with Gasteiger partial charge in [0.1, 0.15) is 5.76 Å². The number of anilines is 1. The highest BCUT2D eigenvalue weighted by molar-refractivity contribution is 5.45. The van der Waals surface area contributed by atoms with E-state index in [1.807, 2.05) is 18.3 Å². The predicted octanol–water partition coefficient (Wildman–Crippen LogP) is 5.74. The van der Waals surface area contributed by atoms with Gasteiger partial charge in [-0.3, -0.25) is 0 Å². The largest absolute Gasteiger partial charge is 0.359 e. The minimum atomic E-state index is -0.135. The van der Waals surface area contributed by atoms with E-state index in [1.54, 1.807) is 0 Å². The lowest BCUT2D eigenvalue weighted by molar-refractivity contribution is 0.331. The van der Waals surface area contributed by atoms with E-state index >= 15 is 0 Å². The monoisotopic (exact) mass is 324 g/mol. The van der Waals surface area contributed by atoms with Gasteiger partial charge in [-0.1, -0.05) is 70.6 Å². The zero-order valence-corrected chi connectivity index (χ0v) is 15.6. The van der Waals surface area contributed by atoms with Crippen LogP contribution in [0.25, 0.3) is 0 Å². The lowest BCUT2D eigenvalue weighted by Gasteiger charge is -2.28. The van der Waals surface area contributed by atoms with Gasteiger partial charge in [-0.25, -0.2) is 0 Å². The van der Waals surface area contributed by atoms with E-state index in [9.17, 15) is 0 Å². The van der Waals surface area contributed by atoms with Gasteiger partial charge in [-0.05, 0) is 29.7 Å². The third-order valence-electron chi connectivity index (χ3n) is 4.39. The number of nitrogens with one attached hydrogen (secondary N) is 1. The first-order valence-corrected chi connectivity index (χ1v) is 8.28. The van der Waals surface area contributed by atoms with Crippen molar-refractivity contribution in [3.63, 3.8) is 0 Å². The summed E-state index contributed by atoms with van der Waals surface area (Å²) in [6.07, 6.45) is 3.87. The molecule has 2 aromatic rings.